The number of halogens is 2. The highest BCUT2D eigenvalue weighted by Crippen LogP contribution is 2.41. The molecular formula is C27H25Cl2NO5. The molecule has 0 saturated carbocycles. The number of hydrogen-bond donors (Lipinski definition) is 2. The van der Waals surface area contributed by atoms with Crippen molar-refractivity contribution in [1.82, 2.24) is 5.32 Å². The zero-order chi connectivity index (χ0) is 24.9. The molecule has 0 aromatic heterocycles. The van der Waals surface area contributed by atoms with Crippen LogP contribution in [0.15, 0.2) is 54.6 Å². The van der Waals surface area contributed by atoms with Gasteiger partial charge in [-0.3, -0.25) is 9.59 Å². The fourth-order valence-electron chi connectivity index (χ4n) is 4.14. The number of carbonyl (C=O) groups excluding carboxylic acids is 1. The topological polar surface area (TPSA) is 84.9 Å². The summed E-state index contributed by atoms with van der Waals surface area (Å²) < 4.78 is 11.5. The Morgan fingerprint density at radius 3 is 2.60 bits per heavy atom. The Morgan fingerprint density at radius 2 is 1.89 bits per heavy atom. The molecule has 0 fully saturated rings. The van der Waals surface area contributed by atoms with E-state index in [9.17, 15) is 14.7 Å². The van der Waals surface area contributed by atoms with E-state index < -0.39 is 11.9 Å². The third-order valence-corrected chi connectivity index (χ3v) is 6.65. The van der Waals surface area contributed by atoms with Gasteiger partial charge in [-0.15, -0.1) is 0 Å². The number of aliphatic carboxylic acids is 1. The van der Waals surface area contributed by atoms with Gasteiger partial charge >= 0.3 is 5.97 Å². The first-order valence-electron chi connectivity index (χ1n) is 11.4. The Balaban J connectivity index is 1.39. The van der Waals surface area contributed by atoms with Gasteiger partial charge in [-0.05, 0) is 66.8 Å². The number of aryl methyl sites for hydroxylation is 1. The molecule has 1 amide bonds. The first-order chi connectivity index (χ1) is 16.9. The number of fused-ring (bicyclic) bond motifs is 1. The number of carboxylic acids is 1. The largest absolute Gasteiger partial charge is 0.493 e. The van der Waals surface area contributed by atoms with Crippen molar-refractivity contribution in [3.63, 3.8) is 0 Å². The molecule has 3 aromatic rings. The summed E-state index contributed by atoms with van der Waals surface area (Å²) in [6, 6.07) is 15.7. The zero-order valence-electron chi connectivity index (χ0n) is 19.1. The predicted molar refractivity (Wildman–Crippen MR) is 135 cm³/mol. The molecule has 0 aliphatic carbocycles. The van der Waals surface area contributed by atoms with Crippen LogP contribution in [0.4, 0.5) is 0 Å². The maximum absolute atomic E-state index is 12.6. The third-order valence-electron chi connectivity index (χ3n) is 6.00. The van der Waals surface area contributed by atoms with Crippen LogP contribution in [-0.4, -0.2) is 30.1 Å². The van der Waals surface area contributed by atoms with Crippen molar-refractivity contribution in [3.8, 4) is 17.2 Å². The minimum absolute atomic E-state index is 0.193. The molecule has 6 nitrogen and oxygen atoms in total. The summed E-state index contributed by atoms with van der Waals surface area (Å²) in [6.07, 6.45) is 1.92. The molecule has 182 valence electrons. The van der Waals surface area contributed by atoms with Crippen LogP contribution >= 0.6 is 23.2 Å². The highest BCUT2D eigenvalue weighted by Gasteiger charge is 2.29. The van der Waals surface area contributed by atoms with Gasteiger partial charge in [0, 0.05) is 28.8 Å². The number of nitrogens with one attached hydrogen (secondary N) is 1. The Hall–Kier alpha value is -3.22. The maximum atomic E-state index is 12.6. The Kier molecular flexibility index (Phi) is 7.83. The van der Waals surface area contributed by atoms with Crippen molar-refractivity contribution in [2.75, 3.05) is 13.2 Å². The number of benzene rings is 3. The summed E-state index contributed by atoms with van der Waals surface area (Å²) in [4.78, 5) is 24.1. The molecule has 2 N–H and O–H groups in total. The third kappa shape index (κ3) is 5.72. The molecule has 1 atom stereocenters. The molecule has 1 heterocycles. The van der Waals surface area contributed by atoms with Crippen LogP contribution in [0.25, 0.3) is 0 Å². The fourth-order valence-corrected chi connectivity index (χ4v) is 4.64. The van der Waals surface area contributed by atoms with Gasteiger partial charge in [-0.2, -0.15) is 0 Å². The standard InChI is InChI=1S/C27H25Cl2NO5/c1-2-16-4-3-5-22(28)19(16)10-12-30-26(31)17-6-8-18(9-7-17)35-25-15-24-21(14-23(25)29)20(27(32)33)11-13-34-24/h3-9,14-15,20H,2,10-13H2,1H3,(H,30,31)(H,32,33). The summed E-state index contributed by atoms with van der Waals surface area (Å²) >= 11 is 12.7. The van der Waals surface area contributed by atoms with Gasteiger partial charge in [-0.1, -0.05) is 42.3 Å². The Morgan fingerprint density at radius 1 is 1.11 bits per heavy atom. The number of hydrogen-bond acceptors (Lipinski definition) is 4. The van der Waals surface area contributed by atoms with E-state index in [4.69, 9.17) is 32.7 Å². The molecule has 0 radical (unpaired) electrons. The van der Waals surface area contributed by atoms with Crippen LogP contribution in [0, 0.1) is 0 Å². The van der Waals surface area contributed by atoms with Crippen molar-refractivity contribution in [2.45, 2.75) is 32.1 Å². The maximum Gasteiger partial charge on any atom is 0.311 e. The van der Waals surface area contributed by atoms with E-state index in [2.05, 4.69) is 12.2 Å². The van der Waals surface area contributed by atoms with E-state index in [1.165, 1.54) is 5.56 Å². The fraction of sp³-hybridized carbons (Fsp3) is 0.259. The van der Waals surface area contributed by atoms with Crippen LogP contribution in [0.1, 0.15) is 46.3 Å². The lowest BCUT2D eigenvalue weighted by Crippen LogP contribution is -2.26. The smallest absolute Gasteiger partial charge is 0.311 e. The second-order valence-electron chi connectivity index (χ2n) is 8.21. The predicted octanol–water partition coefficient (Wildman–Crippen LogP) is 6.27. The first kappa shape index (κ1) is 24.9. The van der Waals surface area contributed by atoms with Gasteiger partial charge in [0.2, 0.25) is 0 Å². The van der Waals surface area contributed by atoms with E-state index in [0.29, 0.717) is 59.4 Å². The molecule has 1 unspecified atom stereocenters. The van der Waals surface area contributed by atoms with E-state index in [1.54, 1.807) is 36.4 Å². The number of carbonyl (C=O) groups is 2. The lowest BCUT2D eigenvalue weighted by molar-refractivity contribution is -0.139. The number of carboxylic acid groups (broad SMARTS) is 1. The molecule has 8 heteroatoms. The van der Waals surface area contributed by atoms with Crippen LogP contribution < -0.4 is 14.8 Å². The zero-order valence-corrected chi connectivity index (χ0v) is 20.7. The molecule has 1 aliphatic rings. The SMILES string of the molecule is CCc1cccc(Cl)c1CCNC(=O)c1ccc(Oc2cc3c(cc2Cl)C(C(=O)O)CCO3)cc1. The van der Waals surface area contributed by atoms with E-state index in [0.717, 1.165) is 12.0 Å². The molecule has 3 aromatic carbocycles. The number of rotatable bonds is 8. The second-order valence-corrected chi connectivity index (χ2v) is 9.03. The summed E-state index contributed by atoms with van der Waals surface area (Å²) in [7, 11) is 0. The second kappa shape index (κ2) is 11.0. The molecular weight excluding hydrogens is 489 g/mol. The van der Waals surface area contributed by atoms with Crippen molar-refractivity contribution in [1.29, 1.82) is 0 Å². The van der Waals surface area contributed by atoms with Gasteiger partial charge in [0.05, 0.1) is 17.5 Å². The van der Waals surface area contributed by atoms with Crippen molar-refractivity contribution < 1.29 is 24.2 Å². The molecule has 4 rings (SSSR count). The van der Waals surface area contributed by atoms with Crippen LogP contribution in [0.2, 0.25) is 10.0 Å². The van der Waals surface area contributed by atoms with Crippen molar-refractivity contribution in [3.05, 3.63) is 86.9 Å². The average Bonchev–Trinajstić information content (AvgIpc) is 2.85. The summed E-state index contributed by atoms with van der Waals surface area (Å²) in [6.45, 7) is 2.86. The average molecular weight is 514 g/mol. The van der Waals surface area contributed by atoms with Gasteiger partial charge in [0.15, 0.2) is 0 Å². The summed E-state index contributed by atoms with van der Waals surface area (Å²) in [5.41, 5.74) is 3.27. The molecule has 0 spiro atoms. The van der Waals surface area contributed by atoms with Crippen molar-refractivity contribution >= 4 is 35.1 Å². The van der Waals surface area contributed by atoms with Gasteiger partial charge in [0.1, 0.15) is 17.2 Å². The first-order valence-corrected chi connectivity index (χ1v) is 12.1. The summed E-state index contributed by atoms with van der Waals surface area (Å²) in [5.74, 6) is -0.483. The molecule has 0 bridgehead atoms. The summed E-state index contributed by atoms with van der Waals surface area (Å²) in [5, 5.41) is 13.4. The molecule has 1 aliphatic heterocycles. The van der Waals surface area contributed by atoms with Crippen LogP contribution in [0.5, 0.6) is 17.2 Å². The van der Waals surface area contributed by atoms with Crippen LogP contribution in [-0.2, 0) is 17.6 Å². The normalized spacial score (nSPS) is 14.5. The minimum atomic E-state index is -0.911. The lowest BCUT2D eigenvalue weighted by atomic mass is 9.93. The van der Waals surface area contributed by atoms with E-state index in [1.807, 2.05) is 18.2 Å². The quantitative estimate of drug-likeness (QED) is 0.370. The van der Waals surface area contributed by atoms with E-state index >= 15 is 0 Å². The van der Waals surface area contributed by atoms with Crippen LogP contribution in [0.3, 0.4) is 0 Å². The highest BCUT2D eigenvalue weighted by molar-refractivity contribution is 6.32. The van der Waals surface area contributed by atoms with Gasteiger partial charge < -0.3 is 19.9 Å². The van der Waals surface area contributed by atoms with Gasteiger partial charge in [-0.25, -0.2) is 0 Å². The highest BCUT2D eigenvalue weighted by atomic mass is 35.5. The van der Waals surface area contributed by atoms with Crippen molar-refractivity contribution in [2.24, 2.45) is 0 Å². The molecule has 35 heavy (non-hydrogen) atoms. The minimum Gasteiger partial charge on any atom is -0.493 e. The lowest BCUT2D eigenvalue weighted by Gasteiger charge is -2.24. The number of amides is 1. The number of ether oxygens (including phenoxy) is 2. The van der Waals surface area contributed by atoms with E-state index in [-0.39, 0.29) is 10.9 Å². The Bertz CT molecular complexity index is 1240. The Labute approximate surface area is 213 Å². The van der Waals surface area contributed by atoms with Gasteiger partial charge in [0.25, 0.3) is 5.91 Å². The molecule has 0 saturated heterocycles. The monoisotopic (exact) mass is 513 g/mol.